The van der Waals surface area contributed by atoms with Gasteiger partial charge in [0.15, 0.2) is 0 Å². The second-order valence-electron chi connectivity index (χ2n) is 4.69. The van der Waals surface area contributed by atoms with Gasteiger partial charge in [-0.1, -0.05) is 25.1 Å². The third kappa shape index (κ3) is 2.99. The van der Waals surface area contributed by atoms with Crippen LogP contribution in [0.5, 0.6) is 0 Å². The summed E-state index contributed by atoms with van der Waals surface area (Å²) in [5.41, 5.74) is 1.83. The summed E-state index contributed by atoms with van der Waals surface area (Å²) in [6, 6.07) is 7.57. The van der Waals surface area contributed by atoms with Gasteiger partial charge in [0.05, 0.1) is 13.1 Å². The topological polar surface area (TPSA) is 66.5 Å². The lowest BCUT2D eigenvalue weighted by Gasteiger charge is -2.30. The van der Waals surface area contributed by atoms with Crippen LogP contribution in [0.2, 0.25) is 0 Å². The summed E-state index contributed by atoms with van der Waals surface area (Å²) >= 11 is 0. The molecule has 0 aromatic heterocycles. The molecule has 2 rings (SSSR count). The van der Waals surface area contributed by atoms with Gasteiger partial charge in [-0.25, -0.2) is 0 Å². The Labute approximate surface area is 111 Å². The van der Waals surface area contributed by atoms with Crippen molar-refractivity contribution in [3.05, 3.63) is 29.8 Å². The highest BCUT2D eigenvalue weighted by atomic mass is 16.2. The number of para-hydroxylation sites is 1. The minimum absolute atomic E-state index is 0.0637. The first-order valence-electron chi connectivity index (χ1n) is 6.22. The Kier molecular flexibility index (Phi) is 3.94. The zero-order valence-electron chi connectivity index (χ0n) is 10.8. The van der Waals surface area contributed by atoms with Gasteiger partial charge in [0, 0.05) is 12.1 Å². The van der Waals surface area contributed by atoms with Crippen LogP contribution in [-0.4, -0.2) is 31.2 Å². The summed E-state index contributed by atoms with van der Waals surface area (Å²) in [5.74, 6) is -0.531. The van der Waals surface area contributed by atoms with Crippen LogP contribution in [0, 0.1) is 0 Å². The SMILES string of the molecule is CC(CC=O)c1ccccc1N1CC(=O)NC(=O)C1. The van der Waals surface area contributed by atoms with Crippen LogP contribution in [0.4, 0.5) is 5.69 Å². The van der Waals surface area contributed by atoms with Crippen molar-refractivity contribution in [1.82, 2.24) is 5.32 Å². The molecular formula is C14H16N2O3. The minimum atomic E-state index is -0.297. The molecule has 0 bridgehead atoms. The zero-order chi connectivity index (χ0) is 13.8. The largest absolute Gasteiger partial charge is 0.353 e. The van der Waals surface area contributed by atoms with Gasteiger partial charge in [-0.3, -0.25) is 14.9 Å². The number of benzene rings is 1. The molecule has 1 fully saturated rings. The average molecular weight is 260 g/mol. The molecule has 19 heavy (non-hydrogen) atoms. The van der Waals surface area contributed by atoms with Crippen LogP contribution < -0.4 is 10.2 Å². The van der Waals surface area contributed by atoms with Crippen LogP contribution in [0.15, 0.2) is 24.3 Å². The summed E-state index contributed by atoms with van der Waals surface area (Å²) in [7, 11) is 0. The number of hydrogen-bond acceptors (Lipinski definition) is 4. The Morgan fingerprint density at radius 1 is 1.26 bits per heavy atom. The van der Waals surface area contributed by atoms with E-state index in [1.165, 1.54) is 0 Å². The van der Waals surface area contributed by atoms with E-state index in [0.29, 0.717) is 6.42 Å². The lowest BCUT2D eigenvalue weighted by atomic mass is 9.96. The summed E-state index contributed by atoms with van der Waals surface area (Å²) in [6.45, 7) is 2.28. The van der Waals surface area contributed by atoms with Crippen molar-refractivity contribution in [2.75, 3.05) is 18.0 Å². The van der Waals surface area contributed by atoms with Crippen LogP contribution in [0.1, 0.15) is 24.8 Å². The number of carbonyl (C=O) groups is 3. The summed E-state index contributed by atoms with van der Waals surface area (Å²) in [6.07, 6.45) is 1.31. The van der Waals surface area contributed by atoms with Gasteiger partial charge in [0.2, 0.25) is 11.8 Å². The number of anilines is 1. The van der Waals surface area contributed by atoms with Crippen molar-refractivity contribution in [2.24, 2.45) is 0 Å². The van der Waals surface area contributed by atoms with Gasteiger partial charge >= 0.3 is 0 Å². The third-order valence-corrected chi connectivity index (χ3v) is 3.21. The predicted octanol–water partition coefficient (Wildman–Crippen LogP) is 0.842. The Morgan fingerprint density at radius 3 is 2.53 bits per heavy atom. The van der Waals surface area contributed by atoms with E-state index in [1.807, 2.05) is 31.2 Å². The fourth-order valence-electron chi connectivity index (χ4n) is 2.27. The first-order chi connectivity index (χ1) is 9.11. The molecule has 5 heteroatoms. The normalized spacial score (nSPS) is 17.0. The highest BCUT2D eigenvalue weighted by Gasteiger charge is 2.25. The number of nitrogens with zero attached hydrogens (tertiary/aromatic N) is 1. The number of aldehydes is 1. The number of piperazine rings is 1. The molecule has 0 saturated carbocycles. The average Bonchev–Trinajstić information content (AvgIpc) is 2.38. The van der Waals surface area contributed by atoms with Gasteiger partial charge in [0.25, 0.3) is 0 Å². The zero-order valence-corrected chi connectivity index (χ0v) is 10.8. The van der Waals surface area contributed by atoms with E-state index in [9.17, 15) is 14.4 Å². The molecule has 1 heterocycles. The molecule has 100 valence electrons. The second-order valence-corrected chi connectivity index (χ2v) is 4.69. The van der Waals surface area contributed by atoms with E-state index >= 15 is 0 Å². The molecule has 1 atom stereocenters. The Morgan fingerprint density at radius 2 is 1.89 bits per heavy atom. The maximum Gasteiger partial charge on any atom is 0.246 e. The highest BCUT2D eigenvalue weighted by Crippen LogP contribution is 2.29. The van der Waals surface area contributed by atoms with Crippen molar-refractivity contribution in [2.45, 2.75) is 19.3 Å². The molecule has 1 aromatic rings. The quantitative estimate of drug-likeness (QED) is 0.643. The van der Waals surface area contributed by atoms with Crippen LogP contribution in [0.25, 0.3) is 0 Å². The van der Waals surface area contributed by atoms with Crippen molar-refractivity contribution in [3.8, 4) is 0 Å². The van der Waals surface area contributed by atoms with Crippen molar-refractivity contribution in [1.29, 1.82) is 0 Å². The van der Waals surface area contributed by atoms with Crippen LogP contribution in [-0.2, 0) is 14.4 Å². The van der Waals surface area contributed by atoms with Gasteiger partial charge in [-0.05, 0) is 17.5 Å². The van der Waals surface area contributed by atoms with Crippen molar-refractivity contribution in [3.63, 3.8) is 0 Å². The summed E-state index contributed by atoms with van der Waals surface area (Å²) < 4.78 is 0. The molecule has 5 nitrogen and oxygen atoms in total. The number of rotatable bonds is 4. The molecule has 0 aliphatic carbocycles. The van der Waals surface area contributed by atoms with Gasteiger partial charge in [-0.2, -0.15) is 0 Å². The van der Waals surface area contributed by atoms with E-state index in [0.717, 1.165) is 17.5 Å². The third-order valence-electron chi connectivity index (χ3n) is 3.21. The van der Waals surface area contributed by atoms with E-state index in [2.05, 4.69) is 5.32 Å². The fraction of sp³-hybridized carbons (Fsp3) is 0.357. The maximum absolute atomic E-state index is 11.4. The molecule has 1 unspecified atom stereocenters. The van der Waals surface area contributed by atoms with Gasteiger partial charge in [-0.15, -0.1) is 0 Å². The molecule has 1 aromatic carbocycles. The van der Waals surface area contributed by atoms with E-state index in [4.69, 9.17) is 0 Å². The molecule has 2 amide bonds. The Hall–Kier alpha value is -2.17. The van der Waals surface area contributed by atoms with Gasteiger partial charge < -0.3 is 9.69 Å². The molecule has 0 radical (unpaired) electrons. The second kappa shape index (κ2) is 5.65. The Balaban J connectivity index is 2.30. The molecule has 0 spiro atoms. The standard InChI is InChI=1S/C14H16N2O3/c1-10(6-7-17)11-4-2-3-5-12(11)16-8-13(18)15-14(19)9-16/h2-5,7,10H,6,8-9H2,1H3,(H,15,18,19). The number of hydrogen-bond donors (Lipinski definition) is 1. The summed E-state index contributed by atoms with van der Waals surface area (Å²) in [5, 5.41) is 2.28. The summed E-state index contributed by atoms with van der Waals surface area (Å²) in [4.78, 5) is 35.3. The predicted molar refractivity (Wildman–Crippen MR) is 70.9 cm³/mol. The lowest BCUT2D eigenvalue weighted by Crippen LogP contribution is -2.51. The minimum Gasteiger partial charge on any atom is -0.353 e. The van der Waals surface area contributed by atoms with E-state index < -0.39 is 0 Å². The first kappa shape index (κ1) is 13.3. The molecule has 1 aliphatic rings. The smallest absolute Gasteiger partial charge is 0.246 e. The van der Waals surface area contributed by atoms with Crippen LogP contribution in [0.3, 0.4) is 0 Å². The highest BCUT2D eigenvalue weighted by molar-refractivity contribution is 6.02. The Bertz CT molecular complexity index is 497. The number of amides is 2. The van der Waals surface area contributed by atoms with Crippen LogP contribution >= 0.6 is 0 Å². The molecule has 1 N–H and O–H groups in total. The monoisotopic (exact) mass is 260 g/mol. The number of carbonyl (C=O) groups excluding carboxylic acids is 3. The molecule has 1 saturated heterocycles. The number of nitrogens with one attached hydrogen (secondary N) is 1. The molecular weight excluding hydrogens is 244 g/mol. The van der Waals surface area contributed by atoms with E-state index in [1.54, 1.807) is 4.90 Å². The number of imide groups is 1. The lowest BCUT2D eigenvalue weighted by molar-refractivity contribution is -0.130. The fourth-order valence-corrected chi connectivity index (χ4v) is 2.27. The van der Waals surface area contributed by atoms with Gasteiger partial charge in [0.1, 0.15) is 6.29 Å². The maximum atomic E-state index is 11.4. The van der Waals surface area contributed by atoms with Crippen molar-refractivity contribution >= 4 is 23.8 Å². The van der Waals surface area contributed by atoms with E-state index in [-0.39, 0.29) is 30.8 Å². The van der Waals surface area contributed by atoms with Crippen molar-refractivity contribution < 1.29 is 14.4 Å². The first-order valence-corrected chi connectivity index (χ1v) is 6.22. The molecule has 1 aliphatic heterocycles.